The lowest BCUT2D eigenvalue weighted by atomic mass is 10.1. The van der Waals surface area contributed by atoms with Crippen LogP contribution in [0.4, 0.5) is 5.69 Å². The first-order valence-corrected chi connectivity index (χ1v) is 6.54. The maximum Gasteiger partial charge on any atom is 0.250 e. The van der Waals surface area contributed by atoms with Crippen LogP contribution in [-0.4, -0.2) is 4.57 Å². The highest BCUT2D eigenvalue weighted by Crippen LogP contribution is 2.20. The van der Waals surface area contributed by atoms with E-state index in [1.165, 1.54) is 5.56 Å². The molecule has 0 aliphatic heterocycles. The molecule has 0 aliphatic carbocycles. The van der Waals surface area contributed by atoms with Gasteiger partial charge in [0.2, 0.25) is 5.56 Å². The third-order valence-corrected chi connectivity index (χ3v) is 3.37. The Morgan fingerprint density at radius 3 is 2.44 bits per heavy atom. The van der Waals surface area contributed by atoms with Crippen LogP contribution in [0.5, 0.6) is 0 Å². The number of hydrogen-bond donors (Lipinski definition) is 1. The number of pyridine rings is 1. The van der Waals surface area contributed by atoms with E-state index in [0.29, 0.717) is 0 Å². The van der Waals surface area contributed by atoms with E-state index < -0.39 is 0 Å². The van der Waals surface area contributed by atoms with Gasteiger partial charge >= 0.3 is 0 Å². The lowest BCUT2D eigenvalue weighted by Gasteiger charge is -2.16. The molecule has 18 heavy (non-hydrogen) atoms. The number of halogens is 1. The van der Waals surface area contributed by atoms with E-state index in [4.69, 9.17) is 0 Å². The summed E-state index contributed by atoms with van der Waals surface area (Å²) in [5.41, 5.74) is 2.14. The summed E-state index contributed by atoms with van der Waals surface area (Å²) in [5, 5.41) is 3.37. The highest BCUT2D eigenvalue weighted by atomic mass is 79.9. The average molecular weight is 307 g/mol. The van der Waals surface area contributed by atoms with Crippen LogP contribution >= 0.6 is 15.9 Å². The van der Waals surface area contributed by atoms with Gasteiger partial charge in [-0.05, 0) is 30.7 Å². The zero-order chi connectivity index (χ0) is 13.1. The first-order valence-electron chi connectivity index (χ1n) is 5.75. The van der Waals surface area contributed by atoms with Gasteiger partial charge in [-0.2, -0.15) is 0 Å². The lowest BCUT2D eigenvalue weighted by molar-refractivity contribution is 0.840. The molecule has 0 spiro atoms. The van der Waals surface area contributed by atoms with Gasteiger partial charge in [-0.3, -0.25) is 4.79 Å². The number of nitrogens with zero attached hydrogens (tertiary/aromatic N) is 1. The molecule has 4 heteroatoms. The molecule has 1 N–H and O–H groups in total. The monoisotopic (exact) mass is 306 g/mol. The number of aryl methyl sites for hydroxylation is 1. The van der Waals surface area contributed by atoms with Crippen molar-refractivity contribution in [3.8, 4) is 0 Å². The fourth-order valence-corrected chi connectivity index (χ4v) is 2.03. The predicted molar refractivity (Wildman–Crippen MR) is 77.9 cm³/mol. The Morgan fingerprint density at radius 2 is 1.83 bits per heavy atom. The molecule has 1 aromatic carbocycles. The van der Waals surface area contributed by atoms with Crippen LogP contribution in [0.1, 0.15) is 18.5 Å². The molecule has 3 nitrogen and oxygen atoms in total. The molecule has 2 aromatic rings. The Kier molecular flexibility index (Phi) is 3.87. The second kappa shape index (κ2) is 5.40. The third kappa shape index (κ3) is 3.01. The number of nitrogens with one attached hydrogen (secondary N) is 1. The largest absolute Gasteiger partial charge is 0.377 e. The fourth-order valence-electron chi connectivity index (χ4n) is 1.76. The minimum Gasteiger partial charge on any atom is -0.377 e. The smallest absolute Gasteiger partial charge is 0.250 e. The van der Waals surface area contributed by atoms with Crippen molar-refractivity contribution in [2.45, 2.75) is 13.0 Å². The molecule has 2 rings (SSSR count). The van der Waals surface area contributed by atoms with Crippen LogP contribution in [0.25, 0.3) is 0 Å². The number of aromatic nitrogens is 1. The first-order chi connectivity index (χ1) is 8.56. The molecular weight excluding hydrogens is 292 g/mol. The molecule has 0 saturated carbocycles. The van der Waals surface area contributed by atoms with Crippen molar-refractivity contribution >= 4 is 21.6 Å². The summed E-state index contributed by atoms with van der Waals surface area (Å²) in [6, 6.07) is 11.8. The summed E-state index contributed by atoms with van der Waals surface area (Å²) in [6.07, 6.45) is 1.80. The maximum atomic E-state index is 11.3. The average Bonchev–Trinajstić information content (AvgIpc) is 2.34. The van der Waals surface area contributed by atoms with E-state index in [-0.39, 0.29) is 11.6 Å². The Bertz CT molecular complexity index is 589. The van der Waals surface area contributed by atoms with E-state index >= 15 is 0 Å². The molecule has 0 radical (unpaired) electrons. The van der Waals surface area contributed by atoms with Gasteiger partial charge in [-0.25, -0.2) is 0 Å². The summed E-state index contributed by atoms with van der Waals surface area (Å²) in [6.45, 7) is 2.09. The van der Waals surface area contributed by atoms with Crippen molar-refractivity contribution in [1.82, 2.24) is 4.57 Å². The zero-order valence-electron chi connectivity index (χ0n) is 10.4. The topological polar surface area (TPSA) is 34.0 Å². The van der Waals surface area contributed by atoms with Gasteiger partial charge in [0, 0.05) is 29.8 Å². The van der Waals surface area contributed by atoms with E-state index in [9.17, 15) is 4.79 Å². The number of anilines is 1. The summed E-state index contributed by atoms with van der Waals surface area (Å²) < 4.78 is 2.64. The van der Waals surface area contributed by atoms with Crippen molar-refractivity contribution in [2.24, 2.45) is 7.05 Å². The van der Waals surface area contributed by atoms with E-state index in [1.54, 1.807) is 29.9 Å². The predicted octanol–water partition coefficient (Wildman–Crippen LogP) is 3.32. The van der Waals surface area contributed by atoms with Gasteiger partial charge in [-0.1, -0.05) is 28.1 Å². The molecule has 94 valence electrons. The standard InChI is InChI=1S/C14H15BrN2O/c1-10(11-3-5-12(15)6-4-11)16-13-7-8-14(18)17(2)9-13/h3-10,16H,1-2H3. The molecule has 1 aromatic heterocycles. The van der Waals surface area contributed by atoms with Crippen molar-refractivity contribution in [3.63, 3.8) is 0 Å². The lowest BCUT2D eigenvalue weighted by Crippen LogP contribution is -2.16. The van der Waals surface area contributed by atoms with Crippen LogP contribution in [0.3, 0.4) is 0 Å². The molecule has 0 fully saturated rings. The van der Waals surface area contributed by atoms with Crippen LogP contribution in [-0.2, 0) is 7.05 Å². The van der Waals surface area contributed by atoms with Gasteiger partial charge in [0.1, 0.15) is 0 Å². The van der Waals surface area contributed by atoms with Gasteiger partial charge in [0.25, 0.3) is 0 Å². The van der Waals surface area contributed by atoms with Gasteiger partial charge in [0.15, 0.2) is 0 Å². The molecule has 0 saturated heterocycles. The van der Waals surface area contributed by atoms with Crippen LogP contribution in [0.15, 0.2) is 51.9 Å². The van der Waals surface area contributed by atoms with Crippen molar-refractivity contribution in [1.29, 1.82) is 0 Å². The summed E-state index contributed by atoms with van der Waals surface area (Å²) >= 11 is 3.42. The Balaban J connectivity index is 2.15. The summed E-state index contributed by atoms with van der Waals surface area (Å²) in [7, 11) is 1.75. The highest BCUT2D eigenvalue weighted by molar-refractivity contribution is 9.10. The SMILES string of the molecule is CC(Nc1ccc(=O)n(C)c1)c1ccc(Br)cc1. The van der Waals surface area contributed by atoms with Gasteiger partial charge in [0.05, 0.1) is 5.69 Å². The third-order valence-electron chi connectivity index (χ3n) is 2.84. The Hall–Kier alpha value is -1.55. The quantitative estimate of drug-likeness (QED) is 0.944. The molecule has 0 bridgehead atoms. The molecule has 1 atom stereocenters. The molecule has 1 heterocycles. The molecular formula is C14H15BrN2O. The number of hydrogen-bond acceptors (Lipinski definition) is 2. The Labute approximate surface area is 115 Å². The molecule has 0 amide bonds. The van der Waals surface area contributed by atoms with Gasteiger partial charge in [-0.15, -0.1) is 0 Å². The van der Waals surface area contributed by atoms with Gasteiger partial charge < -0.3 is 9.88 Å². The number of benzene rings is 1. The van der Waals surface area contributed by atoms with Crippen molar-refractivity contribution < 1.29 is 0 Å². The second-order valence-electron chi connectivity index (χ2n) is 4.28. The number of rotatable bonds is 3. The second-order valence-corrected chi connectivity index (χ2v) is 5.20. The van der Waals surface area contributed by atoms with Crippen molar-refractivity contribution in [3.05, 3.63) is 63.0 Å². The van der Waals surface area contributed by atoms with E-state index in [1.807, 2.05) is 12.1 Å². The fraction of sp³-hybridized carbons (Fsp3) is 0.214. The summed E-state index contributed by atoms with van der Waals surface area (Å²) in [4.78, 5) is 11.3. The highest BCUT2D eigenvalue weighted by Gasteiger charge is 2.05. The minimum atomic E-state index is -0.00292. The minimum absolute atomic E-state index is 0.00292. The maximum absolute atomic E-state index is 11.3. The van der Waals surface area contributed by atoms with Crippen LogP contribution in [0.2, 0.25) is 0 Å². The van der Waals surface area contributed by atoms with E-state index in [2.05, 4.69) is 40.3 Å². The Morgan fingerprint density at radius 1 is 1.17 bits per heavy atom. The summed E-state index contributed by atoms with van der Waals surface area (Å²) in [5.74, 6) is 0. The first kappa shape index (κ1) is 12.9. The zero-order valence-corrected chi connectivity index (χ0v) is 11.9. The molecule has 1 unspecified atom stereocenters. The van der Waals surface area contributed by atoms with Crippen LogP contribution in [0, 0.1) is 0 Å². The van der Waals surface area contributed by atoms with Crippen molar-refractivity contribution in [2.75, 3.05) is 5.32 Å². The normalized spacial score (nSPS) is 12.2. The van der Waals surface area contributed by atoms with Crippen LogP contribution < -0.4 is 10.9 Å². The molecule has 0 aliphatic rings. The van der Waals surface area contributed by atoms with E-state index in [0.717, 1.165) is 10.2 Å².